The first-order valence-corrected chi connectivity index (χ1v) is 8.76. The highest BCUT2D eigenvalue weighted by molar-refractivity contribution is 5.76. The molecular formula is C21H23NO. The van der Waals surface area contributed by atoms with Crippen molar-refractivity contribution in [3.63, 3.8) is 0 Å². The van der Waals surface area contributed by atoms with Gasteiger partial charge in [-0.15, -0.1) is 0 Å². The average Bonchev–Trinajstić information content (AvgIpc) is 3.06. The van der Waals surface area contributed by atoms with Crippen molar-refractivity contribution in [2.75, 3.05) is 6.54 Å². The Morgan fingerprint density at radius 2 is 1.52 bits per heavy atom. The van der Waals surface area contributed by atoms with Gasteiger partial charge in [0.2, 0.25) is 0 Å². The van der Waals surface area contributed by atoms with Gasteiger partial charge >= 0.3 is 0 Å². The van der Waals surface area contributed by atoms with Crippen LogP contribution in [-0.4, -0.2) is 23.8 Å². The van der Waals surface area contributed by atoms with Crippen LogP contribution in [-0.2, 0) is 0 Å². The molecule has 0 aliphatic carbocycles. The predicted octanol–water partition coefficient (Wildman–Crippen LogP) is 4.86. The Kier molecular flexibility index (Phi) is 4.00. The van der Waals surface area contributed by atoms with Crippen molar-refractivity contribution in [3.05, 3.63) is 59.7 Å². The Labute approximate surface area is 138 Å². The molecule has 2 heterocycles. The third kappa shape index (κ3) is 2.84. The van der Waals surface area contributed by atoms with Gasteiger partial charge in [-0.3, -0.25) is 9.69 Å². The lowest BCUT2D eigenvalue weighted by atomic mass is 9.99. The van der Waals surface area contributed by atoms with Gasteiger partial charge in [-0.05, 0) is 48.9 Å². The number of carbonyl (C=O) groups is 1. The quantitative estimate of drug-likeness (QED) is 0.755. The van der Waals surface area contributed by atoms with Crippen LogP contribution in [0.3, 0.4) is 0 Å². The Bertz CT molecular complexity index is 674. The van der Waals surface area contributed by atoms with Crippen molar-refractivity contribution in [2.45, 2.75) is 44.2 Å². The van der Waals surface area contributed by atoms with Crippen LogP contribution in [0, 0.1) is 0 Å². The lowest BCUT2D eigenvalue weighted by Gasteiger charge is -2.34. The van der Waals surface area contributed by atoms with Crippen molar-refractivity contribution < 1.29 is 4.79 Å². The van der Waals surface area contributed by atoms with Crippen molar-refractivity contribution in [2.24, 2.45) is 0 Å². The second-order valence-corrected chi connectivity index (χ2v) is 6.84. The highest BCUT2D eigenvalue weighted by atomic mass is 16.1. The first kappa shape index (κ1) is 14.6. The molecule has 0 unspecified atom stereocenters. The van der Waals surface area contributed by atoms with Gasteiger partial charge in [0.25, 0.3) is 0 Å². The zero-order valence-corrected chi connectivity index (χ0v) is 13.4. The fourth-order valence-corrected chi connectivity index (χ4v) is 4.27. The summed E-state index contributed by atoms with van der Waals surface area (Å²) in [5.41, 5.74) is 4.58. The summed E-state index contributed by atoms with van der Waals surface area (Å²) < 4.78 is 0. The summed E-state index contributed by atoms with van der Waals surface area (Å²) in [7, 11) is 0. The Morgan fingerprint density at radius 3 is 2.22 bits per heavy atom. The maximum Gasteiger partial charge on any atom is 0.150 e. The highest BCUT2D eigenvalue weighted by Gasteiger charge is 2.35. The maximum atomic E-state index is 10.8. The molecule has 2 aliphatic heterocycles. The molecule has 2 heteroatoms. The Morgan fingerprint density at radius 1 is 0.826 bits per heavy atom. The summed E-state index contributed by atoms with van der Waals surface area (Å²) >= 11 is 0. The summed E-state index contributed by atoms with van der Waals surface area (Å²) in [6.45, 7) is 1.27. The third-order valence-corrected chi connectivity index (χ3v) is 5.52. The second-order valence-electron chi connectivity index (χ2n) is 6.84. The van der Waals surface area contributed by atoms with E-state index < -0.39 is 0 Å². The minimum atomic E-state index is 0.617. The molecule has 2 nitrogen and oxygen atoms in total. The maximum absolute atomic E-state index is 10.8. The van der Waals surface area contributed by atoms with Crippen LogP contribution in [0.15, 0.2) is 48.5 Å². The molecule has 4 rings (SSSR count). The van der Waals surface area contributed by atoms with E-state index in [0.717, 1.165) is 17.9 Å². The van der Waals surface area contributed by atoms with Gasteiger partial charge < -0.3 is 0 Å². The number of hydrogen-bond acceptors (Lipinski definition) is 2. The molecule has 23 heavy (non-hydrogen) atoms. The molecule has 2 atom stereocenters. The molecule has 118 valence electrons. The lowest BCUT2D eigenvalue weighted by molar-refractivity contribution is 0.112. The van der Waals surface area contributed by atoms with E-state index in [1.165, 1.54) is 55.3 Å². The summed E-state index contributed by atoms with van der Waals surface area (Å²) in [6, 6.07) is 18.3. The van der Waals surface area contributed by atoms with Crippen LogP contribution < -0.4 is 0 Å². The van der Waals surface area contributed by atoms with Crippen LogP contribution in [0.5, 0.6) is 0 Å². The molecule has 0 amide bonds. The number of piperidine rings is 1. The molecule has 0 bridgehead atoms. The van der Waals surface area contributed by atoms with Crippen molar-refractivity contribution in [1.82, 2.24) is 4.90 Å². The van der Waals surface area contributed by atoms with Crippen molar-refractivity contribution in [3.8, 4) is 11.1 Å². The van der Waals surface area contributed by atoms with Gasteiger partial charge in [0.05, 0.1) is 0 Å². The van der Waals surface area contributed by atoms with E-state index in [1.807, 2.05) is 24.3 Å². The van der Waals surface area contributed by atoms with E-state index in [4.69, 9.17) is 0 Å². The molecule has 2 saturated heterocycles. The number of fused-ring (bicyclic) bond motifs is 1. The first-order valence-electron chi connectivity index (χ1n) is 8.76. The molecule has 0 saturated carbocycles. The van der Waals surface area contributed by atoms with E-state index in [-0.39, 0.29) is 0 Å². The van der Waals surface area contributed by atoms with Crippen LogP contribution in [0.4, 0.5) is 0 Å². The molecule has 2 aromatic rings. The molecule has 0 radical (unpaired) electrons. The number of rotatable bonds is 3. The Balaban J connectivity index is 1.54. The largest absolute Gasteiger partial charge is 0.298 e. The zero-order valence-electron chi connectivity index (χ0n) is 13.4. The number of aldehydes is 1. The summed E-state index contributed by atoms with van der Waals surface area (Å²) in [5, 5.41) is 0. The van der Waals surface area contributed by atoms with Crippen LogP contribution >= 0.6 is 0 Å². The smallest absolute Gasteiger partial charge is 0.150 e. The second kappa shape index (κ2) is 6.29. The van der Waals surface area contributed by atoms with E-state index in [1.54, 1.807) is 0 Å². The van der Waals surface area contributed by atoms with Gasteiger partial charge in [0, 0.05) is 17.6 Å². The number of nitrogens with zero attached hydrogens (tertiary/aromatic N) is 1. The van der Waals surface area contributed by atoms with Crippen LogP contribution in [0.2, 0.25) is 0 Å². The highest BCUT2D eigenvalue weighted by Crippen LogP contribution is 2.40. The van der Waals surface area contributed by atoms with E-state index in [2.05, 4.69) is 29.2 Å². The average molecular weight is 305 g/mol. The topological polar surface area (TPSA) is 20.3 Å². The lowest BCUT2D eigenvalue weighted by Crippen LogP contribution is -2.35. The van der Waals surface area contributed by atoms with E-state index in [9.17, 15) is 4.79 Å². The third-order valence-electron chi connectivity index (χ3n) is 5.52. The number of carbonyl (C=O) groups excluding carboxylic acids is 1. The van der Waals surface area contributed by atoms with Crippen molar-refractivity contribution in [1.29, 1.82) is 0 Å². The molecule has 0 spiro atoms. The van der Waals surface area contributed by atoms with Gasteiger partial charge in [-0.25, -0.2) is 0 Å². The minimum absolute atomic E-state index is 0.617. The molecule has 0 N–H and O–H groups in total. The molecule has 2 fully saturated rings. The zero-order chi connectivity index (χ0) is 15.6. The predicted molar refractivity (Wildman–Crippen MR) is 93.6 cm³/mol. The Hall–Kier alpha value is -1.93. The van der Waals surface area contributed by atoms with E-state index in [0.29, 0.717) is 6.04 Å². The minimum Gasteiger partial charge on any atom is -0.298 e. The monoisotopic (exact) mass is 305 g/mol. The standard InChI is InChI=1S/C21H23NO/c23-15-16-4-6-17(7-5-16)18-8-10-19(11-9-18)21-13-12-20-3-1-2-14-22(20)21/h4-11,15,20-21H,1-3,12-14H2/t20-,21-/m1/s1. The summed E-state index contributed by atoms with van der Waals surface area (Å²) in [6.07, 6.45) is 7.70. The van der Waals surface area contributed by atoms with E-state index >= 15 is 0 Å². The fourth-order valence-electron chi connectivity index (χ4n) is 4.27. The molecular weight excluding hydrogens is 282 g/mol. The number of hydrogen-bond donors (Lipinski definition) is 0. The normalized spacial score (nSPS) is 24.3. The first-order chi connectivity index (χ1) is 11.3. The van der Waals surface area contributed by atoms with Crippen molar-refractivity contribution >= 4 is 6.29 Å². The summed E-state index contributed by atoms with van der Waals surface area (Å²) in [5.74, 6) is 0. The van der Waals surface area contributed by atoms with Gasteiger partial charge in [-0.2, -0.15) is 0 Å². The van der Waals surface area contributed by atoms with Gasteiger partial charge in [0.15, 0.2) is 0 Å². The van der Waals surface area contributed by atoms with Crippen LogP contribution in [0.1, 0.15) is 54.1 Å². The number of benzene rings is 2. The summed E-state index contributed by atoms with van der Waals surface area (Å²) in [4.78, 5) is 13.5. The SMILES string of the molecule is O=Cc1ccc(-c2ccc([C@H]3CC[C@H]4CCCCN43)cc2)cc1. The molecule has 0 aromatic heterocycles. The van der Waals surface area contributed by atoms with Crippen LogP contribution in [0.25, 0.3) is 11.1 Å². The molecule has 2 aromatic carbocycles. The molecule has 2 aliphatic rings. The van der Waals surface area contributed by atoms with Gasteiger partial charge in [0.1, 0.15) is 6.29 Å². The van der Waals surface area contributed by atoms with Gasteiger partial charge in [-0.1, -0.05) is 55.0 Å². The fraction of sp³-hybridized carbons (Fsp3) is 0.381.